The lowest BCUT2D eigenvalue weighted by atomic mass is 10.2. The van der Waals surface area contributed by atoms with Crippen molar-refractivity contribution in [2.24, 2.45) is 0 Å². The summed E-state index contributed by atoms with van der Waals surface area (Å²) in [7, 11) is 0. The summed E-state index contributed by atoms with van der Waals surface area (Å²) in [5.41, 5.74) is 1.47. The SMILES string of the molecule is O=C(/C=C/c1ccc(Br)cc1)N1CCN(C(=O)c2ccc(Cl)nc2)CC1. The molecule has 1 aromatic heterocycles. The van der Waals surface area contributed by atoms with Crippen LogP contribution in [0.2, 0.25) is 5.15 Å². The van der Waals surface area contributed by atoms with Crippen LogP contribution in [0, 0.1) is 0 Å². The van der Waals surface area contributed by atoms with Gasteiger partial charge in [0, 0.05) is 42.9 Å². The molecule has 26 heavy (non-hydrogen) atoms. The molecule has 0 bridgehead atoms. The van der Waals surface area contributed by atoms with E-state index in [9.17, 15) is 9.59 Å². The number of aromatic nitrogens is 1. The zero-order valence-corrected chi connectivity index (χ0v) is 16.3. The Morgan fingerprint density at radius 3 is 2.27 bits per heavy atom. The number of rotatable bonds is 3. The van der Waals surface area contributed by atoms with E-state index in [-0.39, 0.29) is 11.8 Å². The number of hydrogen-bond acceptors (Lipinski definition) is 3. The van der Waals surface area contributed by atoms with Crippen LogP contribution < -0.4 is 0 Å². The predicted octanol–water partition coefficient (Wildman–Crippen LogP) is 3.50. The molecule has 0 saturated carbocycles. The Kier molecular flexibility index (Phi) is 6.06. The number of nitrogens with zero attached hydrogens (tertiary/aromatic N) is 3. The van der Waals surface area contributed by atoms with Crippen LogP contribution >= 0.6 is 27.5 Å². The van der Waals surface area contributed by atoms with Gasteiger partial charge in [0.1, 0.15) is 5.15 Å². The minimum Gasteiger partial charge on any atom is -0.336 e. The monoisotopic (exact) mass is 433 g/mol. The molecule has 0 aliphatic carbocycles. The van der Waals surface area contributed by atoms with Crippen molar-refractivity contribution >= 4 is 45.4 Å². The fraction of sp³-hybridized carbons (Fsp3) is 0.211. The van der Waals surface area contributed by atoms with Gasteiger partial charge in [-0.05, 0) is 35.9 Å². The molecule has 1 aromatic carbocycles. The maximum absolute atomic E-state index is 12.4. The molecule has 2 heterocycles. The van der Waals surface area contributed by atoms with Crippen LogP contribution in [0.15, 0.2) is 53.1 Å². The second kappa shape index (κ2) is 8.47. The highest BCUT2D eigenvalue weighted by atomic mass is 79.9. The fourth-order valence-corrected chi connectivity index (χ4v) is 3.04. The molecule has 3 rings (SSSR count). The highest BCUT2D eigenvalue weighted by molar-refractivity contribution is 9.10. The average molecular weight is 435 g/mol. The first-order valence-corrected chi connectivity index (χ1v) is 9.33. The number of pyridine rings is 1. The maximum Gasteiger partial charge on any atom is 0.255 e. The Hall–Kier alpha value is -2.18. The van der Waals surface area contributed by atoms with Crippen LogP contribution in [0.5, 0.6) is 0 Å². The first-order valence-electron chi connectivity index (χ1n) is 8.16. The van der Waals surface area contributed by atoms with Crippen molar-refractivity contribution in [3.8, 4) is 0 Å². The molecule has 0 spiro atoms. The smallest absolute Gasteiger partial charge is 0.255 e. The minimum atomic E-state index is -0.0910. The molecule has 2 amide bonds. The van der Waals surface area contributed by atoms with Crippen molar-refractivity contribution in [2.75, 3.05) is 26.2 Å². The summed E-state index contributed by atoms with van der Waals surface area (Å²) in [5.74, 6) is -0.139. The van der Waals surface area contributed by atoms with E-state index >= 15 is 0 Å². The summed E-state index contributed by atoms with van der Waals surface area (Å²) < 4.78 is 0.998. The van der Waals surface area contributed by atoms with Gasteiger partial charge in [0.05, 0.1) is 5.56 Å². The molecule has 1 aliphatic heterocycles. The highest BCUT2D eigenvalue weighted by Gasteiger charge is 2.24. The van der Waals surface area contributed by atoms with Gasteiger partial charge in [0.25, 0.3) is 5.91 Å². The Balaban J connectivity index is 1.54. The van der Waals surface area contributed by atoms with Gasteiger partial charge in [-0.25, -0.2) is 4.98 Å². The van der Waals surface area contributed by atoms with Crippen LogP contribution in [-0.4, -0.2) is 52.8 Å². The molecule has 7 heteroatoms. The number of amides is 2. The second-order valence-corrected chi connectivity index (χ2v) is 7.17. The topological polar surface area (TPSA) is 53.5 Å². The average Bonchev–Trinajstić information content (AvgIpc) is 2.67. The Labute approximate surface area is 165 Å². The lowest BCUT2D eigenvalue weighted by Crippen LogP contribution is -2.50. The zero-order chi connectivity index (χ0) is 18.5. The molecule has 0 N–H and O–H groups in total. The normalized spacial score (nSPS) is 14.7. The van der Waals surface area contributed by atoms with E-state index in [4.69, 9.17) is 11.6 Å². The molecule has 1 aliphatic rings. The Bertz CT molecular complexity index is 814. The van der Waals surface area contributed by atoms with Crippen LogP contribution in [0.3, 0.4) is 0 Å². The van der Waals surface area contributed by atoms with Crippen molar-refractivity contribution < 1.29 is 9.59 Å². The third-order valence-electron chi connectivity index (χ3n) is 4.14. The first kappa shape index (κ1) is 18.6. The summed E-state index contributed by atoms with van der Waals surface area (Å²) in [4.78, 5) is 32.2. The van der Waals surface area contributed by atoms with Crippen LogP contribution in [-0.2, 0) is 4.79 Å². The largest absolute Gasteiger partial charge is 0.336 e. The summed E-state index contributed by atoms with van der Waals surface area (Å²) >= 11 is 9.13. The molecule has 0 atom stereocenters. The maximum atomic E-state index is 12.4. The quantitative estimate of drug-likeness (QED) is 0.549. The summed E-state index contributed by atoms with van der Waals surface area (Å²) in [6.07, 6.45) is 4.85. The highest BCUT2D eigenvalue weighted by Crippen LogP contribution is 2.13. The van der Waals surface area contributed by atoms with Crippen molar-refractivity contribution in [2.45, 2.75) is 0 Å². The number of piperazine rings is 1. The van der Waals surface area contributed by atoms with E-state index in [0.717, 1.165) is 10.0 Å². The zero-order valence-electron chi connectivity index (χ0n) is 13.9. The van der Waals surface area contributed by atoms with E-state index in [0.29, 0.717) is 36.9 Å². The van der Waals surface area contributed by atoms with Gasteiger partial charge in [0.2, 0.25) is 5.91 Å². The third-order valence-corrected chi connectivity index (χ3v) is 4.89. The second-order valence-electron chi connectivity index (χ2n) is 5.87. The van der Waals surface area contributed by atoms with Gasteiger partial charge in [0.15, 0.2) is 0 Å². The van der Waals surface area contributed by atoms with Gasteiger partial charge in [-0.3, -0.25) is 9.59 Å². The molecule has 2 aromatic rings. The minimum absolute atomic E-state index is 0.0480. The van der Waals surface area contributed by atoms with E-state index in [1.165, 1.54) is 6.20 Å². The lowest BCUT2D eigenvalue weighted by Gasteiger charge is -2.34. The molecule has 5 nitrogen and oxygen atoms in total. The number of benzene rings is 1. The number of carbonyl (C=O) groups is 2. The van der Waals surface area contributed by atoms with Crippen molar-refractivity contribution in [3.63, 3.8) is 0 Å². The van der Waals surface area contributed by atoms with Crippen LogP contribution in [0.1, 0.15) is 15.9 Å². The van der Waals surface area contributed by atoms with E-state index in [1.54, 1.807) is 34.1 Å². The van der Waals surface area contributed by atoms with Gasteiger partial charge in [-0.15, -0.1) is 0 Å². The van der Waals surface area contributed by atoms with Crippen molar-refractivity contribution in [3.05, 3.63) is 69.4 Å². The van der Waals surface area contributed by atoms with E-state index < -0.39 is 0 Å². The molecule has 134 valence electrons. The van der Waals surface area contributed by atoms with Gasteiger partial charge < -0.3 is 9.80 Å². The lowest BCUT2D eigenvalue weighted by molar-refractivity contribution is -0.127. The standard InChI is InChI=1S/C19H17BrClN3O2/c20-16-5-1-14(2-6-16)3-8-18(25)23-9-11-24(12-10-23)19(26)15-4-7-17(21)22-13-15/h1-8,13H,9-12H2/b8-3+. The molecule has 1 fully saturated rings. The van der Waals surface area contributed by atoms with Crippen LogP contribution in [0.25, 0.3) is 6.08 Å². The van der Waals surface area contributed by atoms with Crippen molar-refractivity contribution in [1.29, 1.82) is 0 Å². The van der Waals surface area contributed by atoms with E-state index in [2.05, 4.69) is 20.9 Å². The van der Waals surface area contributed by atoms with Crippen LogP contribution in [0.4, 0.5) is 0 Å². The van der Waals surface area contributed by atoms with Gasteiger partial charge in [-0.1, -0.05) is 39.7 Å². The predicted molar refractivity (Wildman–Crippen MR) is 105 cm³/mol. The van der Waals surface area contributed by atoms with Gasteiger partial charge in [-0.2, -0.15) is 0 Å². The summed E-state index contributed by atoms with van der Waals surface area (Å²) in [6, 6.07) is 11.0. The summed E-state index contributed by atoms with van der Waals surface area (Å²) in [5, 5.41) is 0.356. The summed E-state index contributed by atoms with van der Waals surface area (Å²) in [6.45, 7) is 2.02. The first-order chi connectivity index (χ1) is 12.5. The van der Waals surface area contributed by atoms with E-state index in [1.807, 2.05) is 24.3 Å². The molecule has 0 unspecified atom stereocenters. The van der Waals surface area contributed by atoms with Crippen molar-refractivity contribution in [1.82, 2.24) is 14.8 Å². The molecular formula is C19H17BrClN3O2. The number of hydrogen-bond donors (Lipinski definition) is 0. The Morgan fingerprint density at radius 1 is 1.00 bits per heavy atom. The molecule has 1 saturated heterocycles. The van der Waals surface area contributed by atoms with Gasteiger partial charge >= 0.3 is 0 Å². The molecular weight excluding hydrogens is 418 g/mol. The number of halogens is 2. The Morgan fingerprint density at radius 2 is 1.65 bits per heavy atom. The molecule has 0 radical (unpaired) electrons. The number of carbonyl (C=O) groups excluding carboxylic acids is 2. The fourth-order valence-electron chi connectivity index (χ4n) is 2.66. The third kappa shape index (κ3) is 4.71.